The molecule has 1 aliphatic rings. The van der Waals surface area contributed by atoms with Crippen molar-refractivity contribution in [3.8, 4) is 0 Å². The minimum Gasteiger partial charge on any atom is -0.479 e. The van der Waals surface area contributed by atoms with Crippen LogP contribution in [0, 0.1) is 5.92 Å². The van der Waals surface area contributed by atoms with Gasteiger partial charge in [-0.2, -0.15) is 0 Å². The number of carboxylic acids is 1. The Hall–Kier alpha value is -1.42. The first kappa shape index (κ1) is 9.15. The molecule has 2 unspecified atom stereocenters. The summed E-state index contributed by atoms with van der Waals surface area (Å²) in [6, 6.07) is 1.76. The third-order valence-electron chi connectivity index (χ3n) is 2.89. The van der Waals surface area contributed by atoms with Crippen LogP contribution in [0.4, 0.5) is 0 Å². The Kier molecular flexibility index (Phi) is 1.82. The second-order valence-corrected chi connectivity index (χ2v) is 3.71. The van der Waals surface area contributed by atoms with Gasteiger partial charge < -0.3 is 10.2 Å². The molecule has 1 heterocycles. The number of aromatic nitrogens is 1. The SMILES string of the molecule is CC1Cc2ccncc2C1(O)C(=O)O. The molecule has 0 bridgehead atoms. The number of hydrogen-bond donors (Lipinski definition) is 2. The molecular formula is C10H11NO3. The highest BCUT2D eigenvalue weighted by atomic mass is 16.4. The van der Waals surface area contributed by atoms with Crippen molar-refractivity contribution in [1.29, 1.82) is 0 Å². The standard InChI is InChI=1S/C10H11NO3/c1-6-4-7-2-3-11-5-8(7)10(6,14)9(12)13/h2-3,5-6,14H,4H2,1H3,(H,12,13). The van der Waals surface area contributed by atoms with Gasteiger partial charge in [-0.1, -0.05) is 6.92 Å². The van der Waals surface area contributed by atoms with E-state index in [1.807, 2.05) is 0 Å². The summed E-state index contributed by atoms with van der Waals surface area (Å²) in [5, 5.41) is 19.1. The molecule has 2 N–H and O–H groups in total. The van der Waals surface area contributed by atoms with Gasteiger partial charge >= 0.3 is 5.97 Å². The van der Waals surface area contributed by atoms with Crippen LogP contribution < -0.4 is 0 Å². The lowest BCUT2D eigenvalue weighted by Gasteiger charge is -2.23. The molecule has 1 aromatic heterocycles. The summed E-state index contributed by atoms with van der Waals surface area (Å²) in [4.78, 5) is 14.9. The van der Waals surface area contributed by atoms with Crippen LogP contribution in [0.5, 0.6) is 0 Å². The fourth-order valence-electron chi connectivity index (χ4n) is 2.01. The monoisotopic (exact) mass is 193 g/mol. The minimum absolute atomic E-state index is 0.306. The van der Waals surface area contributed by atoms with Gasteiger partial charge in [-0.25, -0.2) is 4.79 Å². The quantitative estimate of drug-likeness (QED) is 0.683. The van der Waals surface area contributed by atoms with E-state index in [9.17, 15) is 9.90 Å². The van der Waals surface area contributed by atoms with Crippen molar-refractivity contribution in [2.45, 2.75) is 18.9 Å². The van der Waals surface area contributed by atoms with E-state index in [4.69, 9.17) is 5.11 Å². The van der Waals surface area contributed by atoms with Crippen molar-refractivity contribution in [3.63, 3.8) is 0 Å². The van der Waals surface area contributed by atoms with Crippen LogP contribution in [0.1, 0.15) is 18.1 Å². The van der Waals surface area contributed by atoms with E-state index in [0.29, 0.717) is 12.0 Å². The number of carbonyl (C=O) groups is 1. The van der Waals surface area contributed by atoms with Crippen LogP contribution in [0.15, 0.2) is 18.5 Å². The maximum Gasteiger partial charge on any atom is 0.340 e. The molecule has 0 saturated carbocycles. The number of hydrogen-bond acceptors (Lipinski definition) is 3. The van der Waals surface area contributed by atoms with Gasteiger partial charge in [0.05, 0.1) is 0 Å². The summed E-state index contributed by atoms with van der Waals surface area (Å²) in [6.07, 6.45) is 3.63. The molecule has 0 fully saturated rings. The van der Waals surface area contributed by atoms with Gasteiger partial charge in [-0.05, 0) is 18.1 Å². The largest absolute Gasteiger partial charge is 0.479 e. The van der Waals surface area contributed by atoms with Crippen LogP contribution >= 0.6 is 0 Å². The molecule has 1 aromatic rings. The summed E-state index contributed by atoms with van der Waals surface area (Å²) in [7, 11) is 0. The second kappa shape index (κ2) is 2.78. The van der Waals surface area contributed by atoms with Crippen molar-refractivity contribution in [2.75, 3.05) is 0 Å². The molecule has 0 saturated heterocycles. The highest BCUT2D eigenvalue weighted by molar-refractivity contribution is 5.81. The predicted octanol–water partition coefficient (Wildman–Crippen LogP) is 0.546. The highest BCUT2D eigenvalue weighted by Crippen LogP contribution is 2.40. The zero-order valence-corrected chi connectivity index (χ0v) is 7.77. The molecule has 4 heteroatoms. The summed E-state index contributed by atoms with van der Waals surface area (Å²) in [5.41, 5.74) is -0.457. The van der Waals surface area contributed by atoms with E-state index >= 15 is 0 Å². The van der Waals surface area contributed by atoms with Crippen LogP contribution in [-0.4, -0.2) is 21.2 Å². The third kappa shape index (κ3) is 0.974. The number of aliphatic carboxylic acids is 1. The molecule has 74 valence electrons. The summed E-state index contributed by atoms with van der Waals surface area (Å²) in [5.74, 6) is -1.50. The van der Waals surface area contributed by atoms with Gasteiger partial charge in [-0.3, -0.25) is 4.98 Å². The Morgan fingerprint density at radius 3 is 3.07 bits per heavy atom. The topological polar surface area (TPSA) is 70.4 Å². The molecule has 1 aliphatic carbocycles. The van der Waals surface area contributed by atoms with Gasteiger partial charge in [-0.15, -0.1) is 0 Å². The van der Waals surface area contributed by atoms with E-state index in [1.54, 1.807) is 19.2 Å². The van der Waals surface area contributed by atoms with E-state index in [-0.39, 0.29) is 5.92 Å². The minimum atomic E-state index is -1.76. The third-order valence-corrected chi connectivity index (χ3v) is 2.89. The predicted molar refractivity (Wildman–Crippen MR) is 48.6 cm³/mol. The molecule has 4 nitrogen and oxygen atoms in total. The molecule has 0 radical (unpaired) electrons. The van der Waals surface area contributed by atoms with Gasteiger partial charge in [0, 0.05) is 23.9 Å². The van der Waals surface area contributed by atoms with E-state index < -0.39 is 11.6 Å². The van der Waals surface area contributed by atoms with Gasteiger partial charge in [0.25, 0.3) is 0 Å². The summed E-state index contributed by atoms with van der Waals surface area (Å²) >= 11 is 0. The highest BCUT2D eigenvalue weighted by Gasteiger charge is 2.49. The second-order valence-electron chi connectivity index (χ2n) is 3.71. The first-order valence-corrected chi connectivity index (χ1v) is 4.46. The van der Waals surface area contributed by atoms with Crippen LogP contribution in [-0.2, 0) is 16.8 Å². The maximum atomic E-state index is 11.0. The number of nitrogens with zero attached hydrogens (tertiary/aromatic N) is 1. The zero-order valence-electron chi connectivity index (χ0n) is 7.77. The Balaban J connectivity index is 2.60. The number of fused-ring (bicyclic) bond motifs is 1. The van der Waals surface area contributed by atoms with Gasteiger partial charge in [0.15, 0.2) is 5.60 Å². The van der Waals surface area contributed by atoms with Crippen molar-refractivity contribution in [1.82, 2.24) is 4.98 Å². The first-order valence-electron chi connectivity index (χ1n) is 4.46. The van der Waals surface area contributed by atoms with Crippen LogP contribution in [0.3, 0.4) is 0 Å². The van der Waals surface area contributed by atoms with Crippen molar-refractivity contribution >= 4 is 5.97 Å². The fraction of sp³-hybridized carbons (Fsp3) is 0.400. The average Bonchev–Trinajstić information content (AvgIpc) is 2.41. The molecular weight excluding hydrogens is 182 g/mol. The number of rotatable bonds is 1. The molecule has 0 amide bonds. The van der Waals surface area contributed by atoms with Gasteiger partial charge in [0.2, 0.25) is 0 Å². The van der Waals surface area contributed by atoms with Crippen molar-refractivity contribution in [3.05, 3.63) is 29.6 Å². The Bertz CT molecular complexity index is 391. The fourth-order valence-corrected chi connectivity index (χ4v) is 2.01. The van der Waals surface area contributed by atoms with Crippen LogP contribution in [0.25, 0.3) is 0 Å². The van der Waals surface area contributed by atoms with Gasteiger partial charge in [0.1, 0.15) is 0 Å². The maximum absolute atomic E-state index is 11.0. The van der Waals surface area contributed by atoms with E-state index in [2.05, 4.69) is 4.98 Å². The Labute approximate surface area is 81.2 Å². The average molecular weight is 193 g/mol. The molecule has 2 rings (SSSR count). The zero-order chi connectivity index (χ0) is 10.3. The molecule has 2 atom stereocenters. The first-order chi connectivity index (χ1) is 6.56. The lowest BCUT2D eigenvalue weighted by atomic mass is 9.89. The van der Waals surface area contributed by atoms with Crippen LogP contribution in [0.2, 0.25) is 0 Å². The van der Waals surface area contributed by atoms with Crippen molar-refractivity contribution < 1.29 is 15.0 Å². The number of pyridine rings is 1. The summed E-state index contributed by atoms with van der Waals surface area (Å²) < 4.78 is 0. The molecule has 0 aromatic carbocycles. The molecule has 0 spiro atoms. The number of aliphatic hydroxyl groups is 1. The smallest absolute Gasteiger partial charge is 0.340 e. The lowest BCUT2D eigenvalue weighted by molar-refractivity contribution is -0.164. The van der Waals surface area contributed by atoms with Crippen molar-refractivity contribution in [2.24, 2.45) is 5.92 Å². The number of carboxylic acid groups (broad SMARTS) is 1. The van der Waals surface area contributed by atoms with E-state index in [1.165, 1.54) is 6.20 Å². The lowest BCUT2D eigenvalue weighted by Crippen LogP contribution is -2.38. The molecule has 14 heavy (non-hydrogen) atoms. The van der Waals surface area contributed by atoms with E-state index in [0.717, 1.165) is 5.56 Å². The Morgan fingerprint density at radius 2 is 2.43 bits per heavy atom. The normalized spacial score (nSPS) is 30.0. The molecule has 0 aliphatic heterocycles. The summed E-state index contributed by atoms with van der Waals surface area (Å²) in [6.45, 7) is 1.73. The Morgan fingerprint density at radius 1 is 1.71 bits per heavy atom.